The van der Waals surface area contributed by atoms with Gasteiger partial charge in [-0.1, -0.05) is 73.4 Å². The molecule has 236 valence electrons. The first-order valence-corrected chi connectivity index (χ1v) is 17.0. The zero-order valence-corrected chi connectivity index (χ0v) is 27.3. The van der Waals surface area contributed by atoms with E-state index in [1.54, 1.807) is 36.4 Å². The highest BCUT2D eigenvalue weighted by atomic mass is 35.5. The lowest BCUT2D eigenvalue weighted by Crippen LogP contribution is -2.51. The third-order valence-corrected chi connectivity index (χ3v) is 9.04. The molecule has 0 radical (unpaired) electrons. The number of hydrogen-bond acceptors (Lipinski definition) is 6. The molecular weight excluding hydrogens is 625 g/mol. The fourth-order valence-electron chi connectivity index (χ4n) is 4.87. The molecule has 1 aliphatic rings. The van der Waals surface area contributed by atoms with Crippen molar-refractivity contribution in [2.75, 3.05) is 30.4 Å². The van der Waals surface area contributed by atoms with Crippen molar-refractivity contribution in [3.63, 3.8) is 0 Å². The minimum absolute atomic E-state index is 0.00188. The fraction of sp³-hybridized carbons (Fsp3) is 0.375. The minimum atomic E-state index is -3.69. The quantitative estimate of drug-likeness (QED) is 0.238. The first kappa shape index (κ1) is 33.4. The number of halogens is 2. The number of sulfonamides is 1. The molecule has 0 saturated carbocycles. The van der Waals surface area contributed by atoms with Gasteiger partial charge < -0.3 is 19.7 Å². The van der Waals surface area contributed by atoms with E-state index < -0.39 is 16.1 Å². The van der Waals surface area contributed by atoms with Crippen molar-refractivity contribution < 1.29 is 27.5 Å². The van der Waals surface area contributed by atoms with E-state index in [9.17, 15) is 18.0 Å². The van der Waals surface area contributed by atoms with E-state index in [0.717, 1.165) is 11.8 Å². The Balaban J connectivity index is 1.61. The van der Waals surface area contributed by atoms with Gasteiger partial charge in [-0.15, -0.1) is 0 Å². The van der Waals surface area contributed by atoms with Gasteiger partial charge in [0.05, 0.1) is 11.9 Å². The normalized spacial score (nSPS) is 13.0. The van der Waals surface area contributed by atoms with Crippen LogP contribution in [0.15, 0.2) is 66.7 Å². The summed E-state index contributed by atoms with van der Waals surface area (Å²) in [6.45, 7) is 4.53. The smallest absolute Gasteiger partial charge is 0.243 e. The Bertz CT molecular complexity index is 1550. The number of amides is 2. The largest absolute Gasteiger partial charge is 0.454 e. The topological polar surface area (TPSA) is 105 Å². The lowest BCUT2D eigenvalue weighted by Gasteiger charge is -2.32. The molecule has 0 saturated heterocycles. The van der Waals surface area contributed by atoms with E-state index in [-0.39, 0.29) is 56.9 Å². The van der Waals surface area contributed by atoms with Gasteiger partial charge in [-0.05, 0) is 42.2 Å². The molecule has 0 aliphatic carbocycles. The Morgan fingerprint density at radius 3 is 2.30 bits per heavy atom. The second-order valence-electron chi connectivity index (χ2n) is 11.0. The van der Waals surface area contributed by atoms with Gasteiger partial charge in [0, 0.05) is 54.2 Å². The first-order valence-electron chi connectivity index (χ1n) is 14.4. The van der Waals surface area contributed by atoms with E-state index in [1.165, 1.54) is 9.21 Å². The molecule has 0 unspecified atom stereocenters. The summed E-state index contributed by atoms with van der Waals surface area (Å²) in [6, 6.07) is 18.6. The van der Waals surface area contributed by atoms with Crippen LogP contribution in [0.1, 0.15) is 37.8 Å². The van der Waals surface area contributed by atoms with Crippen LogP contribution in [0.25, 0.3) is 0 Å². The monoisotopic (exact) mass is 661 g/mol. The summed E-state index contributed by atoms with van der Waals surface area (Å²) >= 11 is 13.0. The van der Waals surface area contributed by atoms with E-state index in [4.69, 9.17) is 32.7 Å². The number of nitrogens with one attached hydrogen (secondary N) is 1. The Kier molecular flexibility index (Phi) is 11.4. The van der Waals surface area contributed by atoms with Crippen molar-refractivity contribution in [1.29, 1.82) is 0 Å². The number of fused-ring (bicyclic) bond motifs is 1. The van der Waals surface area contributed by atoms with Gasteiger partial charge in [-0.2, -0.15) is 0 Å². The van der Waals surface area contributed by atoms with Gasteiger partial charge in [0.25, 0.3) is 0 Å². The number of carbonyl (C=O) groups excluding carboxylic acids is 2. The summed E-state index contributed by atoms with van der Waals surface area (Å²) in [5, 5.41) is 3.74. The van der Waals surface area contributed by atoms with Crippen LogP contribution in [0.3, 0.4) is 0 Å². The molecule has 0 aromatic heterocycles. The summed E-state index contributed by atoms with van der Waals surface area (Å²) < 4.78 is 37.5. The van der Waals surface area contributed by atoms with Crippen LogP contribution < -0.4 is 19.1 Å². The second-order valence-corrected chi connectivity index (χ2v) is 13.8. The standard InChI is InChI=1S/C32H37Cl2N3O6S/c1-22(2)19-35-32(39)28(17-23-9-5-4-6-10-23)36(20-25-26(33)11-7-12-27(25)34)31(38)13-8-16-37(44(3,40)41)24-14-15-29-30(18-24)43-21-42-29/h4-7,9-12,14-15,18,22,28H,8,13,16-17,19-21H2,1-3H3,(H,35,39)/t28-/m1/s1. The van der Waals surface area contributed by atoms with Crippen LogP contribution in [0, 0.1) is 5.92 Å². The molecule has 9 nitrogen and oxygen atoms in total. The summed E-state index contributed by atoms with van der Waals surface area (Å²) in [6.07, 6.45) is 1.55. The predicted octanol–water partition coefficient (Wildman–Crippen LogP) is 5.68. The first-order chi connectivity index (χ1) is 20.9. The fourth-order valence-corrected chi connectivity index (χ4v) is 6.35. The number of anilines is 1. The summed E-state index contributed by atoms with van der Waals surface area (Å²) in [4.78, 5) is 29.2. The molecule has 2 amide bonds. The number of rotatable bonds is 14. The van der Waals surface area contributed by atoms with Crippen molar-refractivity contribution in [2.45, 2.75) is 45.7 Å². The third kappa shape index (κ3) is 8.80. The van der Waals surface area contributed by atoms with Crippen molar-refractivity contribution in [3.05, 3.63) is 87.9 Å². The molecule has 0 bridgehead atoms. The molecule has 0 spiro atoms. The number of hydrogen-bond donors (Lipinski definition) is 1. The number of benzene rings is 3. The van der Waals surface area contributed by atoms with Crippen LogP contribution >= 0.6 is 23.2 Å². The lowest BCUT2D eigenvalue weighted by molar-refractivity contribution is -0.141. The minimum Gasteiger partial charge on any atom is -0.454 e. The van der Waals surface area contributed by atoms with Gasteiger partial charge in [-0.25, -0.2) is 8.42 Å². The average molecular weight is 663 g/mol. The summed E-state index contributed by atoms with van der Waals surface area (Å²) in [5.41, 5.74) is 1.81. The molecule has 1 aliphatic heterocycles. The van der Waals surface area contributed by atoms with Gasteiger partial charge in [0.15, 0.2) is 11.5 Å². The average Bonchev–Trinajstić information content (AvgIpc) is 3.45. The number of nitrogens with zero attached hydrogens (tertiary/aromatic N) is 2. The van der Waals surface area contributed by atoms with Gasteiger partial charge in [0.1, 0.15) is 6.04 Å². The SMILES string of the molecule is CC(C)CNC(=O)[C@@H](Cc1ccccc1)N(Cc1c(Cl)cccc1Cl)C(=O)CCCN(c1ccc2c(c1)OCO2)S(C)(=O)=O. The van der Waals surface area contributed by atoms with E-state index >= 15 is 0 Å². The molecule has 1 heterocycles. The lowest BCUT2D eigenvalue weighted by atomic mass is 10.0. The van der Waals surface area contributed by atoms with Crippen LogP contribution in [-0.2, 0) is 32.6 Å². The zero-order chi connectivity index (χ0) is 31.9. The molecule has 1 atom stereocenters. The second kappa shape index (κ2) is 15.0. The Morgan fingerprint density at radius 2 is 1.64 bits per heavy atom. The molecule has 44 heavy (non-hydrogen) atoms. The molecule has 4 rings (SSSR count). The van der Waals surface area contributed by atoms with Gasteiger partial charge in [0.2, 0.25) is 28.6 Å². The molecule has 12 heteroatoms. The predicted molar refractivity (Wildman–Crippen MR) is 173 cm³/mol. The highest BCUT2D eigenvalue weighted by Gasteiger charge is 2.31. The summed E-state index contributed by atoms with van der Waals surface area (Å²) in [5.74, 6) is 0.562. The number of carbonyl (C=O) groups is 2. The molecule has 3 aromatic carbocycles. The molecule has 1 N–H and O–H groups in total. The maximum atomic E-state index is 14.0. The molecule has 0 fully saturated rings. The van der Waals surface area contributed by atoms with E-state index in [2.05, 4.69) is 5.32 Å². The Labute approximate surface area is 269 Å². The maximum Gasteiger partial charge on any atom is 0.243 e. The van der Waals surface area contributed by atoms with Gasteiger partial charge >= 0.3 is 0 Å². The molecule has 3 aromatic rings. The van der Waals surface area contributed by atoms with Crippen LogP contribution in [0.4, 0.5) is 5.69 Å². The third-order valence-electron chi connectivity index (χ3n) is 7.14. The van der Waals surface area contributed by atoms with Crippen molar-refractivity contribution in [3.8, 4) is 11.5 Å². The van der Waals surface area contributed by atoms with Crippen LogP contribution in [0.2, 0.25) is 10.0 Å². The van der Waals surface area contributed by atoms with E-state index in [0.29, 0.717) is 39.3 Å². The Hall–Kier alpha value is -3.47. The maximum absolute atomic E-state index is 14.0. The molecular formula is C32H37Cl2N3O6S. The number of ether oxygens (including phenoxy) is 2. The zero-order valence-electron chi connectivity index (χ0n) is 25.0. The summed E-state index contributed by atoms with van der Waals surface area (Å²) in [7, 11) is -3.69. The van der Waals surface area contributed by atoms with E-state index in [1.807, 2.05) is 44.2 Å². The Morgan fingerprint density at radius 1 is 0.955 bits per heavy atom. The van der Waals surface area contributed by atoms with Crippen LogP contribution in [0.5, 0.6) is 11.5 Å². The van der Waals surface area contributed by atoms with Gasteiger partial charge in [-0.3, -0.25) is 13.9 Å². The van der Waals surface area contributed by atoms with Crippen molar-refractivity contribution in [1.82, 2.24) is 10.2 Å². The van der Waals surface area contributed by atoms with Crippen LogP contribution in [-0.4, -0.2) is 57.3 Å². The highest BCUT2D eigenvalue weighted by molar-refractivity contribution is 7.92. The van der Waals surface area contributed by atoms with Crippen molar-refractivity contribution >= 4 is 50.7 Å². The highest BCUT2D eigenvalue weighted by Crippen LogP contribution is 2.36. The van der Waals surface area contributed by atoms with Crippen molar-refractivity contribution in [2.24, 2.45) is 5.92 Å².